The second kappa shape index (κ2) is 8.94. The molecular weight excluding hydrogens is 384 g/mol. The zero-order valence-electron chi connectivity index (χ0n) is 17.7. The van der Waals surface area contributed by atoms with Crippen molar-refractivity contribution < 1.29 is 9.53 Å². The molecule has 0 bridgehead atoms. The fourth-order valence-electron chi connectivity index (χ4n) is 4.39. The molecule has 0 aromatic heterocycles. The summed E-state index contributed by atoms with van der Waals surface area (Å²) in [5.74, 6) is 0.720. The minimum Gasteiger partial charge on any atom is -0.484 e. The first kappa shape index (κ1) is 19.8. The number of rotatable bonds is 7. The Morgan fingerprint density at radius 1 is 0.968 bits per heavy atom. The minimum atomic E-state index is -0.0365. The van der Waals surface area contributed by atoms with Crippen LogP contribution < -0.4 is 10.1 Å². The van der Waals surface area contributed by atoms with Crippen molar-refractivity contribution in [3.63, 3.8) is 0 Å². The van der Waals surface area contributed by atoms with E-state index in [1.807, 2.05) is 6.07 Å². The van der Waals surface area contributed by atoms with Crippen LogP contribution in [0.5, 0.6) is 5.75 Å². The van der Waals surface area contributed by atoms with Crippen LogP contribution in [0.3, 0.4) is 0 Å². The largest absolute Gasteiger partial charge is 0.484 e. The van der Waals surface area contributed by atoms with E-state index in [-0.39, 0.29) is 18.6 Å². The van der Waals surface area contributed by atoms with Crippen LogP contribution in [0.15, 0.2) is 78.9 Å². The van der Waals surface area contributed by atoms with Crippen molar-refractivity contribution in [2.24, 2.45) is 0 Å². The predicted octanol–water partition coefficient (Wildman–Crippen LogP) is 4.49. The van der Waals surface area contributed by atoms with Crippen molar-refractivity contribution in [3.05, 3.63) is 101 Å². The molecule has 1 fully saturated rings. The molecule has 3 aromatic rings. The number of amides is 1. The first-order chi connectivity index (χ1) is 15.3. The molecule has 1 saturated carbocycles. The monoisotopic (exact) mass is 412 g/mol. The average Bonchev–Trinajstić information content (AvgIpc) is 3.62. The maximum absolute atomic E-state index is 12.1. The smallest absolute Gasteiger partial charge is 0.258 e. The highest BCUT2D eigenvalue weighted by atomic mass is 16.5. The highest BCUT2D eigenvalue weighted by Crippen LogP contribution is 2.38. The lowest BCUT2D eigenvalue weighted by Gasteiger charge is -2.38. The summed E-state index contributed by atoms with van der Waals surface area (Å²) in [4.78, 5) is 14.6. The van der Waals surface area contributed by atoms with Gasteiger partial charge in [0.2, 0.25) is 0 Å². The molecular formula is C27H28N2O2. The molecule has 4 heteroatoms. The maximum atomic E-state index is 12.1. The highest BCUT2D eigenvalue weighted by Gasteiger charge is 2.29. The van der Waals surface area contributed by atoms with Crippen molar-refractivity contribution in [3.8, 4) is 5.75 Å². The summed E-state index contributed by atoms with van der Waals surface area (Å²) in [6.45, 7) is 1.97. The Balaban J connectivity index is 1.41. The number of ether oxygens (including phenoxy) is 1. The van der Waals surface area contributed by atoms with Gasteiger partial charge < -0.3 is 10.1 Å². The highest BCUT2D eigenvalue weighted by molar-refractivity contribution is 5.78. The summed E-state index contributed by atoms with van der Waals surface area (Å²) < 4.78 is 5.87. The van der Waals surface area contributed by atoms with E-state index in [1.165, 1.54) is 22.3 Å². The van der Waals surface area contributed by atoms with E-state index in [4.69, 9.17) is 4.74 Å². The number of nitrogens with one attached hydrogen (secondary N) is 1. The second-order valence-corrected chi connectivity index (χ2v) is 8.51. The molecule has 1 heterocycles. The third-order valence-corrected chi connectivity index (χ3v) is 6.10. The summed E-state index contributed by atoms with van der Waals surface area (Å²) in [6.07, 6.45) is 3.18. The van der Waals surface area contributed by atoms with Gasteiger partial charge in [-0.3, -0.25) is 9.69 Å². The zero-order chi connectivity index (χ0) is 21.0. The van der Waals surface area contributed by atoms with E-state index in [0.717, 1.165) is 38.1 Å². The molecule has 1 aliphatic heterocycles. The molecule has 31 heavy (non-hydrogen) atoms. The van der Waals surface area contributed by atoms with Crippen molar-refractivity contribution in [2.75, 3.05) is 13.2 Å². The van der Waals surface area contributed by atoms with Gasteiger partial charge in [0.25, 0.3) is 5.91 Å². The van der Waals surface area contributed by atoms with Crippen LogP contribution in [0.1, 0.15) is 41.1 Å². The summed E-state index contributed by atoms with van der Waals surface area (Å²) in [5, 5.41) is 2.98. The van der Waals surface area contributed by atoms with Crippen molar-refractivity contribution in [1.29, 1.82) is 0 Å². The predicted molar refractivity (Wildman–Crippen MR) is 122 cm³/mol. The molecule has 158 valence electrons. The van der Waals surface area contributed by atoms with Gasteiger partial charge in [0.1, 0.15) is 5.75 Å². The van der Waals surface area contributed by atoms with Crippen molar-refractivity contribution in [2.45, 2.75) is 37.9 Å². The van der Waals surface area contributed by atoms with E-state index in [1.54, 1.807) is 0 Å². The van der Waals surface area contributed by atoms with Gasteiger partial charge >= 0.3 is 0 Å². The molecule has 0 saturated heterocycles. The molecule has 4 nitrogen and oxygen atoms in total. The Morgan fingerprint density at radius 2 is 1.71 bits per heavy atom. The van der Waals surface area contributed by atoms with Crippen LogP contribution in [-0.2, 0) is 17.8 Å². The molecule has 0 unspecified atom stereocenters. The van der Waals surface area contributed by atoms with E-state index >= 15 is 0 Å². The van der Waals surface area contributed by atoms with Gasteiger partial charge in [0.15, 0.2) is 6.61 Å². The third kappa shape index (κ3) is 4.80. The topological polar surface area (TPSA) is 41.6 Å². The molecule has 3 aromatic carbocycles. The van der Waals surface area contributed by atoms with Gasteiger partial charge in [-0.05, 0) is 53.6 Å². The lowest BCUT2D eigenvalue weighted by atomic mass is 9.87. The molecule has 2 aliphatic rings. The number of hydrogen-bond acceptors (Lipinski definition) is 3. The van der Waals surface area contributed by atoms with Gasteiger partial charge in [-0.25, -0.2) is 0 Å². The van der Waals surface area contributed by atoms with Crippen LogP contribution >= 0.6 is 0 Å². The number of carbonyl (C=O) groups is 1. The van der Waals surface area contributed by atoms with Crippen LogP contribution in [0.25, 0.3) is 0 Å². The fraction of sp³-hybridized carbons (Fsp3) is 0.296. The Hall–Kier alpha value is -3.11. The molecule has 0 spiro atoms. The standard InChI is InChI=1S/C27H28N2O2/c30-26(28-23-12-13-23)19-31-24-14-11-21-15-16-29(18-20-7-3-1-4-8-20)27(25(21)17-24)22-9-5-2-6-10-22/h1-11,14,17,23,27H,12-13,15-16,18-19H2,(H,28,30)/t27-/m0/s1. The maximum Gasteiger partial charge on any atom is 0.258 e. The van der Waals surface area contributed by atoms with E-state index < -0.39 is 0 Å². The normalized spacial score (nSPS) is 18.3. The van der Waals surface area contributed by atoms with E-state index in [0.29, 0.717) is 6.04 Å². The van der Waals surface area contributed by atoms with Crippen LogP contribution in [-0.4, -0.2) is 30.0 Å². The van der Waals surface area contributed by atoms with Crippen molar-refractivity contribution in [1.82, 2.24) is 10.2 Å². The second-order valence-electron chi connectivity index (χ2n) is 8.51. The number of fused-ring (bicyclic) bond motifs is 1. The van der Waals surface area contributed by atoms with Gasteiger partial charge in [-0.1, -0.05) is 66.7 Å². The SMILES string of the molecule is O=C(COc1ccc2c(c1)[C@H](c1ccccc1)N(Cc1ccccc1)CC2)NC1CC1. The van der Waals surface area contributed by atoms with E-state index in [9.17, 15) is 4.79 Å². The van der Waals surface area contributed by atoms with Crippen LogP contribution in [0, 0.1) is 0 Å². The van der Waals surface area contributed by atoms with Crippen molar-refractivity contribution >= 4 is 5.91 Å². The Bertz CT molecular complexity index is 1030. The first-order valence-electron chi connectivity index (χ1n) is 11.1. The number of nitrogens with zero attached hydrogens (tertiary/aromatic N) is 1. The molecule has 1 aliphatic carbocycles. The third-order valence-electron chi connectivity index (χ3n) is 6.10. The fourth-order valence-corrected chi connectivity index (χ4v) is 4.39. The molecule has 0 radical (unpaired) electrons. The summed E-state index contributed by atoms with van der Waals surface area (Å²) >= 11 is 0. The average molecular weight is 413 g/mol. The summed E-state index contributed by atoms with van der Waals surface area (Å²) in [7, 11) is 0. The molecule has 1 N–H and O–H groups in total. The minimum absolute atomic E-state index is 0.0365. The Kier molecular flexibility index (Phi) is 5.72. The summed E-state index contributed by atoms with van der Waals surface area (Å²) in [6, 6.07) is 28.1. The lowest BCUT2D eigenvalue weighted by molar-refractivity contribution is -0.123. The van der Waals surface area contributed by atoms with Crippen LogP contribution in [0.2, 0.25) is 0 Å². The zero-order valence-corrected chi connectivity index (χ0v) is 17.7. The van der Waals surface area contributed by atoms with Gasteiger partial charge in [-0.2, -0.15) is 0 Å². The molecule has 1 atom stereocenters. The Labute approximate surface area is 183 Å². The van der Waals surface area contributed by atoms with E-state index in [2.05, 4.69) is 83.0 Å². The number of carbonyl (C=O) groups excluding carboxylic acids is 1. The molecule has 5 rings (SSSR count). The number of benzene rings is 3. The quantitative estimate of drug-likeness (QED) is 0.622. The Morgan fingerprint density at radius 3 is 2.45 bits per heavy atom. The van der Waals surface area contributed by atoms with Crippen LogP contribution in [0.4, 0.5) is 0 Å². The lowest BCUT2D eigenvalue weighted by Crippen LogP contribution is -2.35. The summed E-state index contributed by atoms with van der Waals surface area (Å²) in [5.41, 5.74) is 5.22. The molecule has 1 amide bonds. The van der Waals surface area contributed by atoms with Gasteiger partial charge in [0, 0.05) is 19.1 Å². The first-order valence-corrected chi connectivity index (χ1v) is 11.1. The van der Waals surface area contributed by atoms with Gasteiger partial charge in [0.05, 0.1) is 6.04 Å². The number of hydrogen-bond donors (Lipinski definition) is 1. The van der Waals surface area contributed by atoms with Gasteiger partial charge in [-0.15, -0.1) is 0 Å².